The number of aromatic nitrogens is 2. The molecule has 4 aromatic rings. The Labute approximate surface area is 154 Å². The molecule has 0 fully saturated rings. The van der Waals surface area contributed by atoms with Crippen LogP contribution in [0.2, 0.25) is 5.15 Å². The number of rotatable bonds is 4. The molecule has 0 spiro atoms. The summed E-state index contributed by atoms with van der Waals surface area (Å²) < 4.78 is 10.6. The molecule has 26 heavy (non-hydrogen) atoms. The molecule has 4 rings (SSSR count). The summed E-state index contributed by atoms with van der Waals surface area (Å²) in [5.74, 6) is 0.191. The van der Waals surface area contributed by atoms with E-state index in [1.807, 2.05) is 36.4 Å². The smallest absolute Gasteiger partial charge is 0.338 e. The van der Waals surface area contributed by atoms with Gasteiger partial charge in [-0.25, -0.2) is 9.78 Å². The van der Waals surface area contributed by atoms with Gasteiger partial charge in [0.2, 0.25) is 0 Å². The van der Waals surface area contributed by atoms with E-state index in [9.17, 15) is 4.79 Å². The second-order valence-corrected chi connectivity index (χ2v) is 6.05. The molecule has 128 valence electrons. The minimum atomic E-state index is -0.439. The predicted molar refractivity (Wildman–Crippen MR) is 97.8 cm³/mol. The molecule has 2 heterocycles. The Hall–Kier alpha value is -3.18. The van der Waals surface area contributed by atoms with Crippen molar-refractivity contribution in [1.82, 2.24) is 10.1 Å². The Morgan fingerprint density at radius 3 is 2.73 bits per heavy atom. The first-order valence-corrected chi connectivity index (χ1v) is 8.31. The van der Waals surface area contributed by atoms with Gasteiger partial charge in [0.05, 0.1) is 11.1 Å². The van der Waals surface area contributed by atoms with Gasteiger partial charge in [-0.3, -0.25) is 0 Å². The van der Waals surface area contributed by atoms with E-state index in [0.29, 0.717) is 22.2 Å². The topological polar surface area (TPSA) is 65.2 Å². The highest BCUT2D eigenvalue weighted by Crippen LogP contribution is 2.21. The van der Waals surface area contributed by atoms with Gasteiger partial charge in [0.15, 0.2) is 5.76 Å². The van der Waals surface area contributed by atoms with Crippen LogP contribution in [0, 0.1) is 0 Å². The van der Waals surface area contributed by atoms with E-state index >= 15 is 0 Å². The molecule has 0 N–H and O–H groups in total. The number of ether oxygens (including phenoxy) is 1. The van der Waals surface area contributed by atoms with E-state index in [1.165, 1.54) is 0 Å². The molecule has 2 aromatic heterocycles. The van der Waals surface area contributed by atoms with E-state index in [0.717, 1.165) is 16.5 Å². The second kappa shape index (κ2) is 6.98. The van der Waals surface area contributed by atoms with E-state index in [1.54, 1.807) is 30.3 Å². The van der Waals surface area contributed by atoms with Crippen molar-refractivity contribution in [3.8, 4) is 11.3 Å². The third kappa shape index (κ3) is 3.43. The molecule has 0 aliphatic heterocycles. The van der Waals surface area contributed by atoms with Crippen LogP contribution in [0.5, 0.6) is 0 Å². The highest BCUT2D eigenvalue weighted by Gasteiger charge is 2.12. The van der Waals surface area contributed by atoms with E-state index < -0.39 is 5.97 Å². The first-order valence-electron chi connectivity index (χ1n) is 7.93. The van der Waals surface area contributed by atoms with Gasteiger partial charge in [0.25, 0.3) is 0 Å². The quantitative estimate of drug-likeness (QED) is 0.380. The average molecular weight is 365 g/mol. The number of esters is 1. The Balaban J connectivity index is 1.46. The molecule has 6 heteroatoms. The molecule has 5 nitrogen and oxygen atoms in total. The van der Waals surface area contributed by atoms with Gasteiger partial charge in [-0.1, -0.05) is 47.1 Å². The lowest BCUT2D eigenvalue weighted by atomic mass is 10.1. The minimum Gasteiger partial charge on any atom is -0.455 e. The molecular weight excluding hydrogens is 352 g/mol. The summed E-state index contributed by atoms with van der Waals surface area (Å²) in [4.78, 5) is 16.5. The number of pyridine rings is 1. The summed E-state index contributed by atoms with van der Waals surface area (Å²) in [7, 11) is 0. The maximum Gasteiger partial charge on any atom is 0.338 e. The highest BCUT2D eigenvalue weighted by atomic mass is 35.5. The second-order valence-electron chi connectivity index (χ2n) is 5.67. The minimum absolute atomic E-state index is 0.0338. The maximum atomic E-state index is 12.3. The molecule has 0 saturated carbocycles. The van der Waals surface area contributed by atoms with E-state index in [-0.39, 0.29) is 6.61 Å². The molecule has 2 aromatic carbocycles. The largest absolute Gasteiger partial charge is 0.455 e. The molecule has 0 aliphatic carbocycles. The first-order chi connectivity index (χ1) is 12.7. The zero-order valence-corrected chi connectivity index (χ0v) is 14.3. The van der Waals surface area contributed by atoms with Crippen LogP contribution in [0.3, 0.4) is 0 Å². The lowest BCUT2D eigenvalue weighted by molar-refractivity contribution is 0.0464. The van der Waals surface area contributed by atoms with Crippen LogP contribution < -0.4 is 0 Å². The zero-order chi connectivity index (χ0) is 17.9. The van der Waals surface area contributed by atoms with Gasteiger partial charge in [0, 0.05) is 17.0 Å². The fraction of sp³-hybridized carbons (Fsp3) is 0.0500. The lowest BCUT2D eigenvalue weighted by Gasteiger charge is -2.04. The summed E-state index contributed by atoms with van der Waals surface area (Å²) in [5.41, 5.74) is 2.62. The summed E-state index contributed by atoms with van der Waals surface area (Å²) in [6.45, 7) is 0.0338. The number of carbonyl (C=O) groups excluding carboxylic acids is 1. The fourth-order valence-corrected chi connectivity index (χ4v) is 2.72. The van der Waals surface area contributed by atoms with Crippen molar-refractivity contribution < 1.29 is 14.1 Å². The van der Waals surface area contributed by atoms with Crippen molar-refractivity contribution in [2.45, 2.75) is 6.61 Å². The number of hydrogen-bond donors (Lipinski definition) is 0. The van der Waals surface area contributed by atoms with Gasteiger partial charge in [-0.15, -0.1) is 0 Å². The summed E-state index contributed by atoms with van der Waals surface area (Å²) in [6.07, 6.45) is 0. The van der Waals surface area contributed by atoms with Crippen LogP contribution in [0.4, 0.5) is 0 Å². The first kappa shape index (κ1) is 16.3. The van der Waals surface area contributed by atoms with Crippen LogP contribution in [0.1, 0.15) is 16.1 Å². The molecule has 0 saturated heterocycles. The van der Waals surface area contributed by atoms with Crippen molar-refractivity contribution in [2.24, 2.45) is 0 Å². The highest BCUT2D eigenvalue weighted by molar-refractivity contribution is 6.29. The molecule has 0 atom stereocenters. The fourth-order valence-electron chi connectivity index (χ4n) is 2.57. The van der Waals surface area contributed by atoms with Gasteiger partial charge < -0.3 is 9.26 Å². The monoisotopic (exact) mass is 364 g/mol. The third-order valence-corrected chi connectivity index (χ3v) is 4.07. The van der Waals surface area contributed by atoms with Crippen LogP contribution in [0.25, 0.3) is 22.2 Å². The van der Waals surface area contributed by atoms with Crippen LogP contribution in [0.15, 0.2) is 71.3 Å². The van der Waals surface area contributed by atoms with Crippen molar-refractivity contribution in [3.05, 3.63) is 83.1 Å². The number of fused-ring (bicyclic) bond motifs is 1. The van der Waals surface area contributed by atoms with Crippen molar-refractivity contribution >= 4 is 28.5 Å². The summed E-state index contributed by atoms with van der Waals surface area (Å²) in [6, 6.07) is 20.0. The van der Waals surface area contributed by atoms with Crippen LogP contribution in [-0.2, 0) is 11.3 Å². The number of halogens is 1. The van der Waals surface area contributed by atoms with Crippen LogP contribution >= 0.6 is 11.6 Å². The average Bonchev–Trinajstić information content (AvgIpc) is 3.15. The standard InChI is InChI=1S/C20H13ClN2O3/c21-19-9-7-14-10-15(6-8-17(14)22-19)20(24)25-12-16-11-18(26-23-16)13-4-2-1-3-5-13/h1-11H,12H2. The van der Waals surface area contributed by atoms with Crippen molar-refractivity contribution in [1.29, 1.82) is 0 Å². The van der Waals surface area contributed by atoms with Crippen LogP contribution in [-0.4, -0.2) is 16.1 Å². The Morgan fingerprint density at radius 2 is 1.88 bits per heavy atom. The normalized spacial score (nSPS) is 10.8. The maximum absolute atomic E-state index is 12.3. The predicted octanol–water partition coefficient (Wildman–Crippen LogP) is 4.90. The summed E-state index contributed by atoms with van der Waals surface area (Å²) >= 11 is 5.87. The Morgan fingerprint density at radius 1 is 1.04 bits per heavy atom. The number of nitrogens with zero attached hydrogens (tertiary/aromatic N) is 2. The molecular formula is C20H13ClN2O3. The van der Waals surface area contributed by atoms with Crippen molar-refractivity contribution in [3.63, 3.8) is 0 Å². The SMILES string of the molecule is O=C(OCc1cc(-c2ccccc2)on1)c1ccc2nc(Cl)ccc2c1. The Bertz CT molecular complexity index is 1080. The number of carbonyl (C=O) groups is 1. The van der Waals surface area contributed by atoms with Crippen molar-refractivity contribution in [2.75, 3.05) is 0 Å². The molecule has 0 unspecified atom stereocenters. The molecule has 0 bridgehead atoms. The van der Waals surface area contributed by atoms with Gasteiger partial charge in [-0.2, -0.15) is 0 Å². The van der Waals surface area contributed by atoms with Gasteiger partial charge in [-0.05, 0) is 30.3 Å². The van der Waals surface area contributed by atoms with E-state index in [2.05, 4.69) is 10.1 Å². The number of hydrogen-bond acceptors (Lipinski definition) is 5. The lowest BCUT2D eigenvalue weighted by Crippen LogP contribution is -2.05. The molecule has 0 amide bonds. The molecule has 0 aliphatic rings. The zero-order valence-electron chi connectivity index (χ0n) is 13.6. The van der Waals surface area contributed by atoms with Gasteiger partial charge >= 0.3 is 5.97 Å². The Kier molecular flexibility index (Phi) is 4.37. The third-order valence-electron chi connectivity index (χ3n) is 3.86. The number of benzene rings is 2. The summed E-state index contributed by atoms with van der Waals surface area (Å²) in [5, 5.41) is 5.17. The molecule has 0 radical (unpaired) electrons. The van der Waals surface area contributed by atoms with E-state index in [4.69, 9.17) is 20.9 Å². The van der Waals surface area contributed by atoms with Gasteiger partial charge in [0.1, 0.15) is 17.5 Å².